The van der Waals surface area contributed by atoms with Crippen LogP contribution in [0, 0.1) is 0 Å². The highest BCUT2D eigenvalue weighted by atomic mass is 35.5. The molecule has 0 bridgehead atoms. The standard InChI is InChI=1S/C11H12ClN3O2/c1-11(2,3)17-10(16)15-6-13-7-4-5-8(12)14-9(7)15/h4-6H,1-3H3. The summed E-state index contributed by atoms with van der Waals surface area (Å²) in [7, 11) is 0. The van der Waals surface area contributed by atoms with E-state index in [9.17, 15) is 4.79 Å². The number of fused-ring (bicyclic) bond motifs is 1. The van der Waals surface area contributed by atoms with Crippen LogP contribution >= 0.6 is 11.6 Å². The number of nitrogens with zero attached hydrogens (tertiary/aromatic N) is 3. The number of rotatable bonds is 0. The van der Waals surface area contributed by atoms with Crippen LogP contribution in [0.1, 0.15) is 20.8 Å². The summed E-state index contributed by atoms with van der Waals surface area (Å²) in [6.07, 6.45) is 0.858. The number of pyridine rings is 1. The number of imidazole rings is 1. The van der Waals surface area contributed by atoms with Crippen molar-refractivity contribution in [3.8, 4) is 0 Å². The van der Waals surface area contributed by atoms with E-state index in [1.807, 2.05) is 0 Å². The van der Waals surface area contributed by atoms with E-state index in [0.717, 1.165) is 0 Å². The zero-order chi connectivity index (χ0) is 12.6. The quantitative estimate of drug-likeness (QED) is 0.678. The van der Waals surface area contributed by atoms with Gasteiger partial charge < -0.3 is 4.74 Å². The number of halogens is 1. The van der Waals surface area contributed by atoms with Crippen molar-refractivity contribution in [2.45, 2.75) is 26.4 Å². The van der Waals surface area contributed by atoms with Gasteiger partial charge in [-0.2, -0.15) is 0 Å². The Morgan fingerprint density at radius 1 is 1.41 bits per heavy atom. The number of carbonyl (C=O) groups excluding carboxylic acids is 1. The molecule has 0 aliphatic carbocycles. The van der Waals surface area contributed by atoms with Gasteiger partial charge >= 0.3 is 6.09 Å². The fraction of sp³-hybridized carbons (Fsp3) is 0.364. The molecule has 2 aromatic rings. The van der Waals surface area contributed by atoms with Crippen molar-refractivity contribution in [2.75, 3.05) is 0 Å². The Labute approximate surface area is 103 Å². The minimum atomic E-state index is -0.563. The Morgan fingerprint density at radius 2 is 2.12 bits per heavy atom. The van der Waals surface area contributed by atoms with Crippen LogP contribution in [0.25, 0.3) is 11.2 Å². The number of ether oxygens (including phenoxy) is 1. The van der Waals surface area contributed by atoms with Crippen molar-refractivity contribution in [2.24, 2.45) is 0 Å². The maximum Gasteiger partial charge on any atom is 0.421 e. The summed E-state index contributed by atoms with van der Waals surface area (Å²) < 4.78 is 6.47. The van der Waals surface area contributed by atoms with Crippen LogP contribution in [0.2, 0.25) is 5.15 Å². The van der Waals surface area contributed by atoms with Gasteiger partial charge in [0.2, 0.25) is 0 Å². The molecule has 17 heavy (non-hydrogen) atoms. The molecule has 0 saturated heterocycles. The molecule has 0 unspecified atom stereocenters. The summed E-state index contributed by atoms with van der Waals surface area (Å²) in [6, 6.07) is 3.32. The maximum atomic E-state index is 11.9. The SMILES string of the molecule is CC(C)(C)OC(=O)n1cnc2ccc(Cl)nc21. The van der Waals surface area contributed by atoms with Crippen LogP contribution in [0.15, 0.2) is 18.5 Å². The predicted molar refractivity (Wildman–Crippen MR) is 64.2 cm³/mol. The summed E-state index contributed by atoms with van der Waals surface area (Å²) in [6.45, 7) is 5.39. The van der Waals surface area contributed by atoms with E-state index >= 15 is 0 Å². The van der Waals surface area contributed by atoms with Gasteiger partial charge in [-0.25, -0.2) is 19.3 Å². The minimum Gasteiger partial charge on any atom is -0.443 e. The van der Waals surface area contributed by atoms with E-state index in [-0.39, 0.29) is 0 Å². The summed E-state index contributed by atoms with van der Waals surface area (Å²) in [5.41, 5.74) is 0.429. The molecule has 0 aliphatic rings. The number of carbonyl (C=O) groups is 1. The summed E-state index contributed by atoms with van der Waals surface area (Å²) >= 11 is 5.78. The van der Waals surface area contributed by atoms with Crippen LogP contribution in [0.5, 0.6) is 0 Å². The molecule has 0 spiro atoms. The largest absolute Gasteiger partial charge is 0.443 e. The summed E-state index contributed by atoms with van der Waals surface area (Å²) in [5.74, 6) is 0. The number of hydrogen-bond donors (Lipinski definition) is 0. The van der Waals surface area contributed by atoms with Gasteiger partial charge in [-0.3, -0.25) is 0 Å². The highest BCUT2D eigenvalue weighted by molar-refractivity contribution is 6.29. The average Bonchev–Trinajstić information content (AvgIpc) is 2.57. The van der Waals surface area contributed by atoms with Crippen molar-refractivity contribution < 1.29 is 9.53 Å². The summed E-state index contributed by atoms with van der Waals surface area (Å²) in [5, 5.41) is 0.308. The van der Waals surface area contributed by atoms with E-state index < -0.39 is 11.7 Å². The van der Waals surface area contributed by atoms with Crippen LogP contribution in [-0.4, -0.2) is 26.2 Å². The third kappa shape index (κ3) is 2.55. The van der Waals surface area contributed by atoms with Gasteiger partial charge in [-0.05, 0) is 32.9 Å². The van der Waals surface area contributed by atoms with Crippen molar-refractivity contribution in [1.29, 1.82) is 0 Å². The van der Waals surface area contributed by atoms with E-state index in [0.29, 0.717) is 16.3 Å². The topological polar surface area (TPSA) is 57.0 Å². The summed E-state index contributed by atoms with van der Waals surface area (Å²) in [4.78, 5) is 20.0. The molecule has 0 N–H and O–H groups in total. The Hall–Kier alpha value is -1.62. The smallest absolute Gasteiger partial charge is 0.421 e. The average molecular weight is 254 g/mol. The monoisotopic (exact) mass is 253 g/mol. The van der Waals surface area contributed by atoms with Crippen molar-refractivity contribution in [3.05, 3.63) is 23.6 Å². The second-order valence-corrected chi connectivity index (χ2v) is 4.96. The minimum absolute atomic E-state index is 0.308. The Balaban J connectivity index is 2.42. The first-order valence-corrected chi connectivity index (χ1v) is 5.47. The highest BCUT2D eigenvalue weighted by Crippen LogP contribution is 2.16. The van der Waals surface area contributed by atoms with Gasteiger partial charge in [0, 0.05) is 0 Å². The molecule has 0 amide bonds. The van der Waals surface area contributed by atoms with Crippen molar-refractivity contribution in [1.82, 2.24) is 14.5 Å². The normalized spacial score (nSPS) is 11.8. The Bertz CT molecular complexity index is 572. The van der Waals surface area contributed by atoms with Gasteiger partial charge in [0.15, 0.2) is 5.65 Å². The van der Waals surface area contributed by atoms with Crippen molar-refractivity contribution in [3.63, 3.8) is 0 Å². The lowest BCUT2D eigenvalue weighted by molar-refractivity contribution is 0.0543. The zero-order valence-electron chi connectivity index (χ0n) is 9.77. The lowest BCUT2D eigenvalue weighted by Crippen LogP contribution is -2.26. The first kappa shape index (κ1) is 11.9. The van der Waals surface area contributed by atoms with Gasteiger partial charge in [0.25, 0.3) is 0 Å². The Kier molecular flexibility index (Phi) is 2.79. The molecule has 5 nitrogen and oxygen atoms in total. The van der Waals surface area contributed by atoms with Crippen LogP contribution < -0.4 is 0 Å². The Morgan fingerprint density at radius 3 is 2.76 bits per heavy atom. The molecule has 0 aromatic carbocycles. The molecule has 0 fully saturated rings. The fourth-order valence-corrected chi connectivity index (χ4v) is 1.46. The molecular weight excluding hydrogens is 242 g/mol. The lowest BCUT2D eigenvalue weighted by atomic mass is 10.2. The van der Waals surface area contributed by atoms with E-state index in [4.69, 9.17) is 16.3 Å². The first-order chi connectivity index (χ1) is 7.87. The van der Waals surface area contributed by atoms with Crippen LogP contribution in [-0.2, 0) is 4.74 Å². The van der Waals surface area contributed by atoms with Crippen molar-refractivity contribution >= 4 is 28.9 Å². The molecule has 0 radical (unpaired) electrons. The fourth-order valence-electron chi connectivity index (χ4n) is 1.32. The number of aromatic nitrogens is 3. The van der Waals surface area contributed by atoms with Gasteiger partial charge in [0.1, 0.15) is 22.6 Å². The molecule has 6 heteroatoms. The third-order valence-electron chi connectivity index (χ3n) is 1.95. The third-order valence-corrected chi connectivity index (χ3v) is 2.16. The molecule has 2 heterocycles. The second kappa shape index (κ2) is 4.00. The van der Waals surface area contributed by atoms with Crippen LogP contribution in [0.4, 0.5) is 4.79 Å². The lowest BCUT2D eigenvalue weighted by Gasteiger charge is -2.19. The van der Waals surface area contributed by atoms with Gasteiger partial charge in [-0.1, -0.05) is 11.6 Å². The molecule has 90 valence electrons. The molecule has 2 aromatic heterocycles. The molecule has 0 aliphatic heterocycles. The van der Waals surface area contributed by atoms with E-state index in [1.165, 1.54) is 10.9 Å². The molecule has 0 atom stereocenters. The highest BCUT2D eigenvalue weighted by Gasteiger charge is 2.20. The maximum absolute atomic E-state index is 11.9. The molecular formula is C11H12ClN3O2. The van der Waals surface area contributed by atoms with E-state index in [2.05, 4.69) is 9.97 Å². The van der Waals surface area contributed by atoms with Gasteiger partial charge in [0.05, 0.1) is 0 Å². The van der Waals surface area contributed by atoms with E-state index in [1.54, 1.807) is 32.9 Å². The molecule has 0 saturated carbocycles. The molecule has 2 rings (SSSR count). The van der Waals surface area contributed by atoms with Crippen LogP contribution in [0.3, 0.4) is 0 Å². The van der Waals surface area contributed by atoms with Gasteiger partial charge in [-0.15, -0.1) is 0 Å². The number of hydrogen-bond acceptors (Lipinski definition) is 4. The second-order valence-electron chi connectivity index (χ2n) is 4.57. The predicted octanol–water partition coefficient (Wildman–Crippen LogP) is 2.87. The first-order valence-electron chi connectivity index (χ1n) is 5.10. The zero-order valence-corrected chi connectivity index (χ0v) is 10.5.